The van der Waals surface area contributed by atoms with Gasteiger partial charge in [-0.05, 0) is 6.42 Å². The van der Waals surface area contributed by atoms with Gasteiger partial charge in [0.05, 0.1) is 13.2 Å². The third kappa shape index (κ3) is 11.3. The number of rotatable bonds is 9. The van der Waals surface area contributed by atoms with Gasteiger partial charge in [0.15, 0.2) is 0 Å². The summed E-state index contributed by atoms with van der Waals surface area (Å²) in [5.41, 5.74) is 2.86. The Hall–Kier alpha value is -1.64. The van der Waals surface area contributed by atoms with Crippen LogP contribution in [0.1, 0.15) is 30.9 Å². The second-order valence-corrected chi connectivity index (χ2v) is 7.31. The maximum atomic E-state index is 5.58. The Labute approximate surface area is 215 Å². The zero-order chi connectivity index (χ0) is 21.3. The van der Waals surface area contributed by atoms with Crippen molar-refractivity contribution in [3.8, 4) is 0 Å². The molecule has 0 saturated heterocycles. The summed E-state index contributed by atoms with van der Waals surface area (Å²) in [6, 6.07) is 37.4. The van der Waals surface area contributed by atoms with Crippen LogP contribution in [0.15, 0.2) is 109 Å². The van der Waals surface area contributed by atoms with Gasteiger partial charge in [0.2, 0.25) is 0 Å². The first-order valence-corrected chi connectivity index (χ1v) is 10.6. The van der Waals surface area contributed by atoms with Gasteiger partial charge in [0.1, 0.15) is 0 Å². The van der Waals surface area contributed by atoms with Crippen LogP contribution in [0.3, 0.4) is 0 Å². The molecule has 0 unspecified atom stereocenters. The van der Waals surface area contributed by atoms with Gasteiger partial charge < -0.3 is 9.47 Å². The maximum absolute atomic E-state index is 5.58. The van der Waals surface area contributed by atoms with Crippen LogP contribution in [-0.2, 0) is 49.0 Å². The van der Waals surface area contributed by atoms with Crippen molar-refractivity contribution in [2.75, 3.05) is 26.9 Å². The molecule has 0 aliphatic heterocycles. The minimum absolute atomic E-state index is 0. The molecule has 0 heterocycles. The molecule has 32 heavy (non-hydrogen) atoms. The zero-order valence-corrected chi connectivity index (χ0v) is 21.2. The van der Waals surface area contributed by atoms with Crippen molar-refractivity contribution in [3.63, 3.8) is 0 Å². The first kappa shape index (κ1) is 30.4. The molecule has 2 nitrogen and oxygen atoms in total. The van der Waals surface area contributed by atoms with E-state index in [4.69, 9.17) is 9.47 Å². The fourth-order valence-corrected chi connectivity index (χ4v) is 3.35. The molecule has 0 bridgehead atoms. The molecule has 0 fully saturated rings. The predicted molar refractivity (Wildman–Crippen MR) is 127 cm³/mol. The molecule has 0 amide bonds. The summed E-state index contributed by atoms with van der Waals surface area (Å²) in [7, 11) is 1.70. The quantitative estimate of drug-likeness (QED) is 0.141. The Balaban J connectivity index is 0.000000657. The second-order valence-electron chi connectivity index (χ2n) is 7.31. The predicted octanol–water partition coefficient (Wildman–Crippen LogP) is 6.68. The van der Waals surface area contributed by atoms with E-state index >= 15 is 0 Å². The molecule has 0 saturated carbocycles. The average Bonchev–Trinajstić information content (AvgIpc) is 3.58. The summed E-state index contributed by atoms with van der Waals surface area (Å²) in [6.45, 7) is 4.47. The van der Waals surface area contributed by atoms with E-state index in [-0.39, 0.29) is 39.6 Å². The van der Waals surface area contributed by atoms with Crippen LogP contribution in [0.5, 0.6) is 0 Å². The number of hydrogen-bond acceptors (Lipinski definition) is 2. The maximum Gasteiger partial charge on any atom is 2.00 e. The summed E-state index contributed by atoms with van der Waals surface area (Å²) < 4.78 is 10.6. The van der Waals surface area contributed by atoms with Gasteiger partial charge in [-0.3, -0.25) is 0 Å². The van der Waals surface area contributed by atoms with Gasteiger partial charge in [0, 0.05) is 13.7 Å². The van der Waals surface area contributed by atoms with Crippen molar-refractivity contribution in [3.05, 3.63) is 120 Å². The molecule has 4 heteroatoms. The number of ether oxygens (including phenoxy) is 2. The minimum Gasteiger partial charge on any atom is -0.382 e. The van der Waals surface area contributed by atoms with Crippen molar-refractivity contribution in [2.45, 2.75) is 25.2 Å². The molecule has 0 radical (unpaired) electrons. The molecule has 0 N–H and O–H groups in total. The fourth-order valence-electron chi connectivity index (χ4n) is 3.35. The molecule has 0 spiro atoms. The fraction of sp³-hybridized carbons (Fsp3) is 0.286. The minimum atomic E-state index is 0. The summed E-state index contributed by atoms with van der Waals surface area (Å²) >= 11 is 0. The number of methoxy groups -OCH3 is 1. The molecule has 0 aliphatic carbocycles. The third-order valence-corrected chi connectivity index (χ3v) is 5.11. The van der Waals surface area contributed by atoms with Gasteiger partial charge in [-0.1, -0.05) is 18.8 Å². The molecule has 4 aromatic carbocycles. The molecular weight excluding hydrogens is 480 g/mol. The Bertz CT molecular complexity index is 706. The Morgan fingerprint density at radius 1 is 0.656 bits per heavy atom. The largest absolute Gasteiger partial charge is 2.00 e. The molecular formula is C28H34Fe2O2. The van der Waals surface area contributed by atoms with Crippen molar-refractivity contribution >= 4 is 0 Å². The Kier molecular flexibility index (Phi) is 17.9. The van der Waals surface area contributed by atoms with Gasteiger partial charge in [-0.15, -0.1) is 0 Å². The van der Waals surface area contributed by atoms with Crippen LogP contribution in [0.2, 0.25) is 0 Å². The van der Waals surface area contributed by atoms with E-state index in [0.717, 1.165) is 19.4 Å². The normalized spacial score (nSPS) is 9.94. The van der Waals surface area contributed by atoms with Gasteiger partial charge in [-0.25, -0.2) is 48.5 Å². The van der Waals surface area contributed by atoms with Crippen molar-refractivity contribution in [1.29, 1.82) is 0 Å². The van der Waals surface area contributed by atoms with Crippen LogP contribution in [0.25, 0.3) is 0 Å². The first-order valence-electron chi connectivity index (χ1n) is 10.6. The molecule has 0 aliphatic rings. The van der Waals surface area contributed by atoms with Crippen LogP contribution in [-0.4, -0.2) is 26.9 Å². The van der Waals surface area contributed by atoms with E-state index in [1.807, 2.05) is 60.7 Å². The van der Waals surface area contributed by atoms with E-state index in [9.17, 15) is 0 Å². The second kappa shape index (κ2) is 18.9. The van der Waals surface area contributed by atoms with Crippen molar-refractivity contribution in [1.82, 2.24) is 0 Å². The summed E-state index contributed by atoms with van der Waals surface area (Å²) in [4.78, 5) is 0. The van der Waals surface area contributed by atoms with Crippen molar-refractivity contribution in [2.24, 2.45) is 0 Å². The standard InChI is InChI=1S/C18H24O2.2C5H5.2Fe/c1-18(16-8-3-4-9-16,17-10-5-6-11-17)12-7-13-20-15-14-19-2;2*1-2-4-5-3-1;;/h3-6,8-11H,7,12-15H2,1-2H3;2*1-5H;;/q-2;2*-1;2*+2. The average molecular weight is 514 g/mol. The Morgan fingerprint density at radius 2 is 1.09 bits per heavy atom. The van der Waals surface area contributed by atoms with Crippen LogP contribution in [0, 0.1) is 0 Å². The Morgan fingerprint density at radius 3 is 1.44 bits per heavy atom. The molecule has 4 rings (SSSR count). The molecule has 0 atom stereocenters. The molecule has 174 valence electrons. The zero-order valence-electron chi connectivity index (χ0n) is 19.0. The van der Waals surface area contributed by atoms with E-state index in [1.165, 1.54) is 11.1 Å². The topological polar surface area (TPSA) is 18.5 Å². The summed E-state index contributed by atoms with van der Waals surface area (Å²) in [6.07, 6.45) is 2.14. The summed E-state index contributed by atoms with van der Waals surface area (Å²) in [5, 5.41) is 0. The van der Waals surface area contributed by atoms with Gasteiger partial charge in [-0.2, -0.15) is 71.8 Å². The summed E-state index contributed by atoms with van der Waals surface area (Å²) in [5.74, 6) is 0. The van der Waals surface area contributed by atoms with Crippen LogP contribution >= 0.6 is 0 Å². The van der Waals surface area contributed by atoms with Crippen LogP contribution < -0.4 is 0 Å². The monoisotopic (exact) mass is 514 g/mol. The van der Waals surface area contributed by atoms with E-state index in [2.05, 4.69) is 55.5 Å². The van der Waals surface area contributed by atoms with Gasteiger partial charge >= 0.3 is 34.1 Å². The number of hydrogen-bond donors (Lipinski definition) is 0. The third-order valence-electron chi connectivity index (χ3n) is 5.11. The van der Waals surface area contributed by atoms with Crippen molar-refractivity contribution < 1.29 is 43.6 Å². The smallest absolute Gasteiger partial charge is 0.382 e. The van der Waals surface area contributed by atoms with E-state index in [0.29, 0.717) is 13.2 Å². The van der Waals surface area contributed by atoms with E-state index < -0.39 is 0 Å². The van der Waals surface area contributed by atoms with Crippen LogP contribution in [0.4, 0.5) is 0 Å². The van der Waals surface area contributed by atoms with E-state index in [1.54, 1.807) is 7.11 Å². The molecule has 4 aromatic rings. The molecule has 0 aromatic heterocycles. The first-order chi connectivity index (χ1) is 14.8. The SMILES string of the molecule is COCCOCCCC(C)([c-]1cccc1)[c-]1cccc1.[Fe+2].[Fe+2].c1cc[cH-]c1.c1cc[cH-]c1. The van der Waals surface area contributed by atoms with Gasteiger partial charge in [0.25, 0.3) is 0 Å².